The van der Waals surface area contributed by atoms with Gasteiger partial charge in [-0.15, -0.1) is 11.6 Å². The molecule has 0 aliphatic heterocycles. The number of anilines is 1. The molecule has 2 rings (SSSR count). The minimum absolute atomic E-state index is 0.183. The van der Waals surface area contributed by atoms with E-state index in [0.717, 1.165) is 19.3 Å². The molecule has 0 aromatic carbocycles. The lowest BCUT2D eigenvalue weighted by atomic mass is 10.1. The normalized spacial score (nSPS) is 24.1. The third-order valence-electron chi connectivity index (χ3n) is 3.27. The van der Waals surface area contributed by atoms with Crippen LogP contribution in [0, 0.1) is 5.92 Å². The van der Waals surface area contributed by atoms with Gasteiger partial charge < -0.3 is 5.32 Å². The summed E-state index contributed by atoms with van der Waals surface area (Å²) >= 11 is 6.20. The zero-order chi connectivity index (χ0) is 13.2. The Kier molecular flexibility index (Phi) is 4.12. The van der Waals surface area contributed by atoms with Crippen LogP contribution in [0.25, 0.3) is 0 Å². The van der Waals surface area contributed by atoms with E-state index < -0.39 is 9.84 Å². The maximum absolute atomic E-state index is 11.6. The number of nitrogens with zero attached hydrogens (tertiary/aromatic N) is 1. The second-order valence-corrected chi connectivity index (χ2v) is 7.25. The summed E-state index contributed by atoms with van der Waals surface area (Å²) in [5.74, 6) is 0.817. The molecule has 1 N–H and O–H groups in total. The highest BCUT2D eigenvalue weighted by Crippen LogP contribution is 2.30. The zero-order valence-electron chi connectivity index (χ0n) is 10.3. The van der Waals surface area contributed by atoms with E-state index >= 15 is 0 Å². The summed E-state index contributed by atoms with van der Waals surface area (Å²) in [6.07, 6.45) is 6.04. The highest BCUT2D eigenvalue weighted by molar-refractivity contribution is 7.90. The van der Waals surface area contributed by atoms with Gasteiger partial charge in [0.1, 0.15) is 10.7 Å². The van der Waals surface area contributed by atoms with Crippen LogP contribution < -0.4 is 5.32 Å². The molecule has 1 fully saturated rings. The number of hydrogen-bond acceptors (Lipinski definition) is 4. The van der Waals surface area contributed by atoms with Gasteiger partial charge in [0.25, 0.3) is 0 Å². The number of sulfone groups is 1. The van der Waals surface area contributed by atoms with Crippen molar-refractivity contribution in [1.29, 1.82) is 0 Å². The lowest BCUT2D eigenvalue weighted by Crippen LogP contribution is -2.20. The van der Waals surface area contributed by atoms with Crippen molar-refractivity contribution in [3.8, 4) is 0 Å². The number of alkyl halides is 1. The molecular formula is C12H17ClN2O2S. The van der Waals surface area contributed by atoms with Gasteiger partial charge in [0.15, 0.2) is 9.84 Å². The first-order valence-corrected chi connectivity index (χ1v) is 8.34. The molecule has 4 nitrogen and oxygen atoms in total. The SMILES string of the molecule is CS(=O)(=O)c1cccnc1NCC1CCCC1Cl. The summed E-state index contributed by atoms with van der Waals surface area (Å²) in [7, 11) is -3.25. The molecule has 0 bridgehead atoms. The van der Waals surface area contributed by atoms with E-state index in [1.54, 1.807) is 18.3 Å². The average molecular weight is 289 g/mol. The van der Waals surface area contributed by atoms with Gasteiger partial charge in [0, 0.05) is 24.4 Å². The molecule has 0 amide bonds. The molecule has 1 saturated carbocycles. The number of hydrogen-bond donors (Lipinski definition) is 1. The standard InChI is InChI=1S/C12H17ClN2O2S/c1-18(16,17)11-6-3-7-14-12(11)15-8-9-4-2-5-10(9)13/h3,6-7,9-10H,2,4-5,8H2,1H3,(H,14,15). The van der Waals surface area contributed by atoms with Gasteiger partial charge in [0.2, 0.25) is 0 Å². The Balaban J connectivity index is 2.10. The second-order valence-electron chi connectivity index (χ2n) is 4.71. The lowest BCUT2D eigenvalue weighted by Gasteiger charge is -2.16. The van der Waals surface area contributed by atoms with Crippen LogP contribution in [-0.4, -0.2) is 31.6 Å². The predicted molar refractivity (Wildman–Crippen MR) is 72.8 cm³/mol. The third kappa shape index (κ3) is 3.14. The number of halogens is 1. The fourth-order valence-electron chi connectivity index (χ4n) is 2.27. The summed E-state index contributed by atoms with van der Waals surface area (Å²) in [5.41, 5.74) is 0. The smallest absolute Gasteiger partial charge is 0.179 e. The van der Waals surface area contributed by atoms with Crippen LogP contribution in [0.2, 0.25) is 0 Å². The van der Waals surface area contributed by atoms with Gasteiger partial charge in [-0.1, -0.05) is 6.42 Å². The molecule has 100 valence electrons. The fourth-order valence-corrected chi connectivity index (χ4v) is 3.44. The van der Waals surface area contributed by atoms with Gasteiger partial charge in [-0.25, -0.2) is 13.4 Å². The van der Waals surface area contributed by atoms with E-state index in [1.807, 2.05) is 0 Å². The Morgan fingerprint density at radius 1 is 1.50 bits per heavy atom. The van der Waals surface area contributed by atoms with E-state index in [-0.39, 0.29) is 10.3 Å². The highest BCUT2D eigenvalue weighted by Gasteiger charge is 2.25. The quantitative estimate of drug-likeness (QED) is 0.864. The molecule has 1 aliphatic carbocycles. The molecule has 0 saturated heterocycles. The number of pyridine rings is 1. The van der Waals surface area contributed by atoms with Crippen molar-refractivity contribution in [2.45, 2.75) is 29.5 Å². The van der Waals surface area contributed by atoms with E-state index in [2.05, 4.69) is 10.3 Å². The van der Waals surface area contributed by atoms with Crippen LogP contribution in [0.5, 0.6) is 0 Å². The van der Waals surface area contributed by atoms with E-state index in [9.17, 15) is 8.42 Å². The number of nitrogens with one attached hydrogen (secondary N) is 1. The van der Waals surface area contributed by atoms with Crippen LogP contribution in [0.15, 0.2) is 23.2 Å². The summed E-state index contributed by atoms with van der Waals surface area (Å²) in [4.78, 5) is 4.34. The van der Waals surface area contributed by atoms with Crippen LogP contribution in [0.1, 0.15) is 19.3 Å². The molecule has 0 spiro atoms. The van der Waals surface area contributed by atoms with E-state index in [0.29, 0.717) is 18.3 Å². The van der Waals surface area contributed by atoms with Gasteiger partial charge in [-0.2, -0.15) is 0 Å². The first-order chi connectivity index (χ1) is 8.48. The number of aromatic nitrogens is 1. The van der Waals surface area contributed by atoms with Crippen LogP contribution in [0.4, 0.5) is 5.82 Å². The van der Waals surface area contributed by atoms with Gasteiger partial charge >= 0.3 is 0 Å². The monoisotopic (exact) mass is 288 g/mol. The topological polar surface area (TPSA) is 59.1 Å². The highest BCUT2D eigenvalue weighted by atomic mass is 35.5. The molecule has 2 unspecified atom stereocenters. The molecule has 0 radical (unpaired) electrons. The summed E-state index contributed by atoms with van der Waals surface area (Å²) < 4.78 is 23.2. The van der Waals surface area contributed by atoms with Crippen molar-refractivity contribution in [3.63, 3.8) is 0 Å². The van der Waals surface area contributed by atoms with Crippen molar-refractivity contribution >= 4 is 27.3 Å². The fraction of sp³-hybridized carbons (Fsp3) is 0.583. The average Bonchev–Trinajstić information content (AvgIpc) is 2.71. The predicted octanol–water partition coefficient (Wildman–Crippen LogP) is 2.30. The third-order valence-corrected chi connectivity index (χ3v) is 4.97. The van der Waals surface area contributed by atoms with Crippen molar-refractivity contribution in [2.24, 2.45) is 5.92 Å². The number of rotatable bonds is 4. The Morgan fingerprint density at radius 3 is 2.89 bits per heavy atom. The molecule has 1 aromatic rings. The van der Waals surface area contributed by atoms with E-state index in [1.165, 1.54) is 6.26 Å². The summed E-state index contributed by atoms with van der Waals surface area (Å²) in [5, 5.41) is 3.30. The Labute approximate surface area is 113 Å². The van der Waals surface area contributed by atoms with Gasteiger partial charge in [0.05, 0.1) is 0 Å². The maximum Gasteiger partial charge on any atom is 0.179 e. The molecule has 2 atom stereocenters. The van der Waals surface area contributed by atoms with Gasteiger partial charge in [-0.05, 0) is 30.9 Å². The Morgan fingerprint density at radius 2 is 2.28 bits per heavy atom. The maximum atomic E-state index is 11.6. The lowest BCUT2D eigenvalue weighted by molar-refractivity contribution is 0.583. The van der Waals surface area contributed by atoms with Gasteiger partial charge in [-0.3, -0.25) is 0 Å². The molecule has 18 heavy (non-hydrogen) atoms. The first-order valence-electron chi connectivity index (χ1n) is 6.01. The minimum Gasteiger partial charge on any atom is -0.369 e. The van der Waals surface area contributed by atoms with Crippen molar-refractivity contribution < 1.29 is 8.42 Å². The Bertz CT molecular complexity index is 519. The van der Waals surface area contributed by atoms with Crippen molar-refractivity contribution in [2.75, 3.05) is 18.1 Å². The van der Waals surface area contributed by atoms with Crippen molar-refractivity contribution in [3.05, 3.63) is 18.3 Å². The van der Waals surface area contributed by atoms with E-state index in [4.69, 9.17) is 11.6 Å². The van der Waals surface area contributed by atoms with Crippen LogP contribution in [0.3, 0.4) is 0 Å². The zero-order valence-corrected chi connectivity index (χ0v) is 11.8. The summed E-state index contributed by atoms with van der Waals surface area (Å²) in [6, 6.07) is 3.19. The molecule has 1 heterocycles. The Hall–Kier alpha value is -0.810. The first kappa shape index (κ1) is 13.6. The largest absolute Gasteiger partial charge is 0.369 e. The van der Waals surface area contributed by atoms with Crippen LogP contribution in [-0.2, 0) is 9.84 Å². The van der Waals surface area contributed by atoms with Crippen LogP contribution >= 0.6 is 11.6 Å². The minimum atomic E-state index is -3.25. The molecular weight excluding hydrogens is 272 g/mol. The second kappa shape index (κ2) is 5.45. The molecule has 6 heteroatoms. The molecule has 1 aromatic heterocycles. The summed E-state index contributed by atoms with van der Waals surface area (Å²) in [6.45, 7) is 0.674. The van der Waals surface area contributed by atoms with Crippen molar-refractivity contribution in [1.82, 2.24) is 4.98 Å². The molecule has 1 aliphatic rings.